The van der Waals surface area contributed by atoms with Gasteiger partial charge in [0, 0.05) is 20.8 Å². The number of methoxy groups -OCH3 is 4. The molecule has 0 aromatic heterocycles. The van der Waals surface area contributed by atoms with Crippen molar-refractivity contribution in [2.75, 3.05) is 48.4 Å². The third-order valence-corrected chi connectivity index (χ3v) is 2.79. The monoisotopic (exact) mass is 269 g/mol. The molecule has 0 atom stereocenters. The predicted molar refractivity (Wildman–Crippen MR) is 73.7 cm³/mol. The zero-order valence-electron chi connectivity index (χ0n) is 12.1. The minimum Gasteiger partial charge on any atom is -0.493 e. The van der Waals surface area contributed by atoms with E-state index in [9.17, 15) is 0 Å². The molecule has 1 aromatic carbocycles. The van der Waals surface area contributed by atoms with Gasteiger partial charge in [0.2, 0.25) is 0 Å². The number of ether oxygens (including phenoxy) is 4. The number of nitrogens with zero attached hydrogens (tertiary/aromatic N) is 1. The fourth-order valence-electron chi connectivity index (χ4n) is 1.85. The van der Waals surface area contributed by atoms with Crippen LogP contribution >= 0.6 is 0 Å². The summed E-state index contributed by atoms with van der Waals surface area (Å²) in [5.41, 5.74) is 1.19. The van der Waals surface area contributed by atoms with E-state index < -0.39 is 0 Å². The minimum absolute atomic E-state index is 0.557. The molecular formula is C14H23NO4. The van der Waals surface area contributed by atoms with Gasteiger partial charge in [-0.25, -0.2) is 0 Å². The van der Waals surface area contributed by atoms with E-state index >= 15 is 0 Å². The summed E-state index contributed by atoms with van der Waals surface area (Å²) < 4.78 is 20.8. The van der Waals surface area contributed by atoms with Gasteiger partial charge in [0.15, 0.2) is 11.5 Å². The van der Waals surface area contributed by atoms with E-state index in [1.165, 1.54) is 5.56 Å². The van der Waals surface area contributed by atoms with Crippen molar-refractivity contribution in [3.05, 3.63) is 23.8 Å². The van der Waals surface area contributed by atoms with Crippen LogP contribution in [0.2, 0.25) is 0 Å². The fraction of sp³-hybridized carbons (Fsp3) is 0.571. The average Bonchev–Trinajstić information content (AvgIpc) is 2.44. The average molecular weight is 269 g/mol. The summed E-state index contributed by atoms with van der Waals surface area (Å²) in [6.45, 7) is 1.97. The zero-order chi connectivity index (χ0) is 14.1. The van der Waals surface area contributed by atoms with Crippen molar-refractivity contribution >= 4 is 0 Å². The molecule has 5 nitrogen and oxygen atoms in total. The van der Waals surface area contributed by atoms with Gasteiger partial charge in [0.1, 0.15) is 13.5 Å². The van der Waals surface area contributed by atoms with Gasteiger partial charge in [-0.15, -0.1) is 0 Å². The Hall–Kier alpha value is -1.30. The van der Waals surface area contributed by atoms with Crippen LogP contribution in [0.15, 0.2) is 18.2 Å². The molecule has 19 heavy (non-hydrogen) atoms. The Morgan fingerprint density at radius 1 is 0.895 bits per heavy atom. The van der Waals surface area contributed by atoms with Crippen molar-refractivity contribution in [2.45, 2.75) is 6.42 Å². The van der Waals surface area contributed by atoms with Crippen molar-refractivity contribution < 1.29 is 18.9 Å². The van der Waals surface area contributed by atoms with Crippen molar-refractivity contribution in [2.24, 2.45) is 0 Å². The standard InChI is InChI=1S/C14H23NO4/c1-16-10-15(11-17-2)8-7-12-5-6-13(18-3)14(9-12)19-4/h5-6,9H,7-8,10-11H2,1-4H3. The third-order valence-electron chi connectivity index (χ3n) is 2.79. The summed E-state index contributed by atoms with van der Waals surface area (Å²) in [6.07, 6.45) is 0.896. The van der Waals surface area contributed by atoms with E-state index in [-0.39, 0.29) is 0 Å². The number of hydrogen-bond acceptors (Lipinski definition) is 5. The van der Waals surface area contributed by atoms with E-state index in [4.69, 9.17) is 18.9 Å². The number of benzene rings is 1. The maximum atomic E-state index is 5.29. The summed E-state index contributed by atoms with van der Waals surface area (Å²) in [5, 5.41) is 0. The third kappa shape index (κ3) is 5.06. The van der Waals surface area contributed by atoms with Crippen LogP contribution in [0, 0.1) is 0 Å². The first-order valence-corrected chi connectivity index (χ1v) is 6.16. The largest absolute Gasteiger partial charge is 0.493 e. The van der Waals surface area contributed by atoms with Crippen molar-refractivity contribution in [1.82, 2.24) is 4.90 Å². The maximum Gasteiger partial charge on any atom is 0.160 e. The lowest BCUT2D eigenvalue weighted by Crippen LogP contribution is -2.30. The Kier molecular flexibility index (Phi) is 7.25. The highest BCUT2D eigenvalue weighted by molar-refractivity contribution is 5.42. The first kappa shape index (κ1) is 15.8. The molecule has 0 bridgehead atoms. The highest BCUT2D eigenvalue weighted by atomic mass is 16.5. The second-order valence-corrected chi connectivity index (χ2v) is 4.17. The Morgan fingerprint density at radius 2 is 1.53 bits per heavy atom. The molecule has 0 fully saturated rings. The normalized spacial score (nSPS) is 10.8. The van der Waals surface area contributed by atoms with Gasteiger partial charge in [0.25, 0.3) is 0 Å². The SMILES string of the molecule is COCN(CCc1ccc(OC)c(OC)c1)COC. The molecule has 0 N–H and O–H groups in total. The molecule has 0 aliphatic heterocycles. The van der Waals surface area contributed by atoms with E-state index in [0.717, 1.165) is 24.5 Å². The van der Waals surface area contributed by atoms with Crippen molar-refractivity contribution in [3.8, 4) is 11.5 Å². The van der Waals surface area contributed by atoms with Crippen LogP contribution in [0.25, 0.3) is 0 Å². The minimum atomic E-state index is 0.557. The molecular weight excluding hydrogens is 246 g/mol. The van der Waals surface area contributed by atoms with E-state index in [1.54, 1.807) is 28.4 Å². The Balaban J connectivity index is 2.60. The molecule has 0 aliphatic carbocycles. The number of rotatable bonds is 9. The summed E-state index contributed by atoms with van der Waals surface area (Å²) in [6, 6.07) is 5.96. The van der Waals surface area contributed by atoms with E-state index in [1.807, 2.05) is 18.2 Å². The van der Waals surface area contributed by atoms with Gasteiger partial charge in [-0.05, 0) is 24.1 Å². The lowest BCUT2D eigenvalue weighted by atomic mass is 10.1. The second kappa shape index (κ2) is 8.74. The topological polar surface area (TPSA) is 40.2 Å². The van der Waals surface area contributed by atoms with Crippen LogP contribution < -0.4 is 9.47 Å². The lowest BCUT2D eigenvalue weighted by molar-refractivity contribution is -0.0125. The van der Waals surface area contributed by atoms with Crippen LogP contribution in [0.5, 0.6) is 11.5 Å². The smallest absolute Gasteiger partial charge is 0.160 e. The molecule has 1 aromatic rings. The Bertz CT molecular complexity index is 364. The molecule has 5 heteroatoms. The molecule has 0 radical (unpaired) electrons. The molecule has 0 aliphatic rings. The van der Waals surface area contributed by atoms with Gasteiger partial charge in [-0.3, -0.25) is 4.90 Å². The summed E-state index contributed by atoms with van der Waals surface area (Å²) in [7, 11) is 6.64. The summed E-state index contributed by atoms with van der Waals surface area (Å²) in [5.74, 6) is 1.50. The summed E-state index contributed by atoms with van der Waals surface area (Å²) in [4.78, 5) is 2.08. The quantitative estimate of drug-likeness (QED) is 0.639. The molecule has 0 saturated heterocycles. The van der Waals surface area contributed by atoms with Crippen molar-refractivity contribution in [1.29, 1.82) is 0 Å². The lowest BCUT2D eigenvalue weighted by Gasteiger charge is -2.20. The van der Waals surface area contributed by atoms with Crippen LogP contribution in [0.4, 0.5) is 0 Å². The molecule has 108 valence electrons. The molecule has 0 saturated carbocycles. The van der Waals surface area contributed by atoms with Gasteiger partial charge < -0.3 is 18.9 Å². The highest BCUT2D eigenvalue weighted by Crippen LogP contribution is 2.27. The Morgan fingerprint density at radius 3 is 2.05 bits per heavy atom. The number of hydrogen-bond donors (Lipinski definition) is 0. The second-order valence-electron chi connectivity index (χ2n) is 4.17. The summed E-state index contributed by atoms with van der Waals surface area (Å²) >= 11 is 0. The first-order chi connectivity index (χ1) is 9.24. The molecule has 0 unspecified atom stereocenters. The van der Waals surface area contributed by atoms with Crippen LogP contribution in [0.3, 0.4) is 0 Å². The molecule has 0 spiro atoms. The predicted octanol–water partition coefficient (Wildman–Crippen LogP) is 1.76. The maximum absolute atomic E-state index is 5.29. The van der Waals surface area contributed by atoms with Crippen LogP contribution in [-0.4, -0.2) is 53.3 Å². The van der Waals surface area contributed by atoms with E-state index in [0.29, 0.717) is 13.5 Å². The Labute approximate surface area is 115 Å². The van der Waals surface area contributed by atoms with E-state index in [2.05, 4.69) is 4.90 Å². The van der Waals surface area contributed by atoms with Crippen LogP contribution in [-0.2, 0) is 15.9 Å². The van der Waals surface area contributed by atoms with Crippen LogP contribution in [0.1, 0.15) is 5.56 Å². The van der Waals surface area contributed by atoms with Gasteiger partial charge in [-0.2, -0.15) is 0 Å². The zero-order valence-corrected chi connectivity index (χ0v) is 12.1. The fourth-order valence-corrected chi connectivity index (χ4v) is 1.85. The molecule has 1 rings (SSSR count). The molecule has 0 amide bonds. The van der Waals surface area contributed by atoms with Gasteiger partial charge in [0.05, 0.1) is 14.2 Å². The van der Waals surface area contributed by atoms with Gasteiger partial charge >= 0.3 is 0 Å². The molecule has 0 heterocycles. The first-order valence-electron chi connectivity index (χ1n) is 6.16. The van der Waals surface area contributed by atoms with Gasteiger partial charge in [-0.1, -0.05) is 6.07 Å². The highest BCUT2D eigenvalue weighted by Gasteiger charge is 2.07. The van der Waals surface area contributed by atoms with Crippen molar-refractivity contribution in [3.63, 3.8) is 0 Å².